The van der Waals surface area contributed by atoms with Crippen LogP contribution in [0.4, 0.5) is 14.9 Å². The molecule has 2 amide bonds. The maximum Gasteiger partial charge on any atom is 0.322 e. The molecule has 3 aromatic carbocycles. The van der Waals surface area contributed by atoms with Gasteiger partial charge in [-0.15, -0.1) is 0 Å². The van der Waals surface area contributed by atoms with Crippen molar-refractivity contribution >= 4 is 22.8 Å². The molecule has 6 heteroatoms. The summed E-state index contributed by atoms with van der Waals surface area (Å²) >= 11 is 0. The first-order chi connectivity index (χ1) is 15.1. The second-order valence-corrected chi connectivity index (χ2v) is 7.87. The number of nitrogens with one attached hydrogen (secondary N) is 1. The Bertz CT molecular complexity index is 1270. The zero-order valence-electron chi connectivity index (χ0n) is 17.1. The number of oxazole rings is 1. The molecular weight excluding hydrogens is 393 g/mol. The smallest absolute Gasteiger partial charge is 0.322 e. The highest BCUT2D eigenvalue weighted by atomic mass is 19.1. The van der Waals surface area contributed by atoms with E-state index in [9.17, 15) is 9.18 Å². The number of hydrogen-bond acceptors (Lipinski definition) is 3. The third kappa shape index (κ3) is 3.77. The van der Waals surface area contributed by atoms with Crippen molar-refractivity contribution in [2.75, 3.05) is 11.9 Å². The fraction of sp³-hybridized carbons (Fsp3) is 0.200. The number of carbonyl (C=O) groups is 1. The summed E-state index contributed by atoms with van der Waals surface area (Å²) in [4.78, 5) is 19.2. The number of carbonyl (C=O) groups excluding carboxylic acids is 1. The molecular formula is C25H22FN3O2. The molecule has 1 aliphatic heterocycles. The van der Waals surface area contributed by atoms with Gasteiger partial charge in [0.25, 0.3) is 0 Å². The first-order valence-electron chi connectivity index (χ1n) is 10.4. The van der Waals surface area contributed by atoms with Crippen molar-refractivity contribution < 1.29 is 13.6 Å². The van der Waals surface area contributed by atoms with Crippen LogP contribution in [-0.4, -0.2) is 22.5 Å². The van der Waals surface area contributed by atoms with Gasteiger partial charge in [0, 0.05) is 6.54 Å². The Morgan fingerprint density at radius 1 is 1.10 bits per heavy atom. The second kappa shape index (κ2) is 7.87. The SMILES string of the molecule is Cc1cccc(-c2ccc3oc(C4CCCN4C(=O)Nc4ccccc4F)nc3c2)c1. The molecule has 31 heavy (non-hydrogen) atoms. The van der Waals surface area contributed by atoms with Crippen LogP contribution < -0.4 is 5.32 Å². The maximum absolute atomic E-state index is 13.9. The first-order valence-corrected chi connectivity index (χ1v) is 10.4. The molecule has 0 bridgehead atoms. The minimum Gasteiger partial charge on any atom is -0.438 e. The van der Waals surface area contributed by atoms with Crippen LogP contribution in [0.1, 0.15) is 30.3 Å². The molecule has 4 aromatic rings. The van der Waals surface area contributed by atoms with Crippen LogP contribution >= 0.6 is 0 Å². The lowest BCUT2D eigenvalue weighted by Crippen LogP contribution is -2.34. The monoisotopic (exact) mass is 415 g/mol. The lowest BCUT2D eigenvalue weighted by atomic mass is 10.0. The number of benzene rings is 3. The molecule has 1 atom stereocenters. The highest BCUT2D eigenvalue weighted by Crippen LogP contribution is 2.35. The van der Waals surface area contributed by atoms with E-state index >= 15 is 0 Å². The molecule has 156 valence electrons. The minimum atomic E-state index is -0.461. The molecule has 1 N–H and O–H groups in total. The zero-order valence-corrected chi connectivity index (χ0v) is 17.1. The van der Waals surface area contributed by atoms with Gasteiger partial charge in [0.15, 0.2) is 5.58 Å². The van der Waals surface area contributed by atoms with E-state index in [0.29, 0.717) is 18.0 Å². The lowest BCUT2D eigenvalue weighted by Gasteiger charge is -2.22. The number of anilines is 1. The molecule has 1 aliphatic rings. The molecule has 0 radical (unpaired) electrons. The largest absolute Gasteiger partial charge is 0.438 e. The Labute approximate surface area is 179 Å². The van der Waals surface area contributed by atoms with Crippen molar-refractivity contribution in [2.24, 2.45) is 0 Å². The number of urea groups is 1. The predicted octanol–water partition coefficient (Wildman–Crippen LogP) is 6.31. The van der Waals surface area contributed by atoms with Gasteiger partial charge in [-0.25, -0.2) is 14.2 Å². The number of para-hydroxylation sites is 1. The second-order valence-electron chi connectivity index (χ2n) is 7.87. The van der Waals surface area contributed by atoms with Crippen LogP contribution in [-0.2, 0) is 0 Å². The van der Waals surface area contributed by atoms with Crippen molar-refractivity contribution in [2.45, 2.75) is 25.8 Å². The first kappa shape index (κ1) is 19.3. The number of rotatable bonds is 3. The highest BCUT2D eigenvalue weighted by molar-refractivity contribution is 5.90. The maximum atomic E-state index is 13.9. The summed E-state index contributed by atoms with van der Waals surface area (Å²) in [6.45, 7) is 2.63. The average molecular weight is 415 g/mol. The van der Waals surface area contributed by atoms with E-state index in [4.69, 9.17) is 9.40 Å². The molecule has 1 fully saturated rings. The number of halogens is 1. The van der Waals surface area contributed by atoms with E-state index < -0.39 is 5.82 Å². The molecule has 1 unspecified atom stereocenters. The molecule has 2 heterocycles. The van der Waals surface area contributed by atoms with Crippen molar-refractivity contribution in [1.29, 1.82) is 0 Å². The number of aryl methyl sites for hydroxylation is 1. The van der Waals surface area contributed by atoms with Gasteiger partial charge < -0.3 is 14.6 Å². The summed E-state index contributed by atoms with van der Waals surface area (Å²) in [7, 11) is 0. The van der Waals surface area contributed by atoms with E-state index in [2.05, 4.69) is 30.4 Å². The van der Waals surface area contributed by atoms with Crippen LogP contribution in [0, 0.1) is 12.7 Å². The molecule has 1 aromatic heterocycles. The standard InChI is InChI=1S/C25H22FN3O2/c1-16-6-4-7-17(14-16)18-11-12-23-21(15-18)27-24(31-23)22-10-5-13-29(22)25(30)28-20-9-3-2-8-19(20)26/h2-4,6-9,11-12,14-15,22H,5,10,13H2,1H3,(H,28,30). The number of likely N-dealkylation sites (tertiary alicyclic amines) is 1. The van der Waals surface area contributed by atoms with Crippen LogP contribution in [0.5, 0.6) is 0 Å². The van der Waals surface area contributed by atoms with Gasteiger partial charge in [-0.05, 0) is 55.2 Å². The Morgan fingerprint density at radius 2 is 1.94 bits per heavy atom. The summed E-state index contributed by atoms with van der Waals surface area (Å²) < 4.78 is 19.9. The Hall–Kier alpha value is -3.67. The Balaban J connectivity index is 1.41. The highest BCUT2D eigenvalue weighted by Gasteiger charge is 2.34. The third-order valence-corrected chi connectivity index (χ3v) is 5.67. The molecule has 0 aliphatic carbocycles. The molecule has 0 saturated carbocycles. The minimum absolute atomic E-state index is 0.165. The van der Waals surface area contributed by atoms with Crippen molar-refractivity contribution in [1.82, 2.24) is 9.88 Å². The zero-order chi connectivity index (χ0) is 21.4. The topological polar surface area (TPSA) is 58.4 Å². The molecule has 1 saturated heterocycles. The van der Waals surface area contributed by atoms with Gasteiger partial charge in [-0.3, -0.25) is 0 Å². The summed E-state index contributed by atoms with van der Waals surface area (Å²) in [6.07, 6.45) is 1.59. The van der Waals surface area contributed by atoms with E-state index in [1.165, 1.54) is 11.6 Å². The van der Waals surface area contributed by atoms with Crippen molar-refractivity contribution in [3.8, 4) is 11.1 Å². The van der Waals surface area contributed by atoms with Crippen molar-refractivity contribution in [3.05, 3.63) is 84.0 Å². The molecule has 5 rings (SSSR count). The fourth-order valence-electron chi connectivity index (χ4n) is 4.11. The summed E-state index contributed by atoms with van der Waals surface area (Å²) in [5.74, 6) is 0.0507. The number of nitrogens with zero attached hydrogens (tertiary/aromatic N) is 2. The van der Waals surface area contributed by atoms with Gasteiger partial charge in [0.2, 0.25) is 5.89 Å². The quantitative estimate of drug-likeness (QED) is 0.426. The van der Waals surface area contributed by atoms with E-state index in [-0.39, 0.29) is 17.8 Å². The van der Waals surface area contributed by atoms with Gasteiger partial charge in [0.05, 0.1) is 5.69 Å². The van der Waals surface area contributed by atoms with E-state index in [1.807, 2.05) is 24.3 Å². The number of amides is 2. The number of hydrogen-bond donors (Lipinski definition) is 1. The summed E-state index contributed by atoms with van der Waals surface area (Å²) in [6, 6.07) is 19.8. The van der Waals surface area contributed by atoms with Crippen LogP contribution in [0.15, 0.2) is 71.1 Å². The lowest BCUT2D eigenvalue weighted by molar-refractivity contribution is 0.198. The van der Waals surface area contributed by atoms with Gasteiger partial charge >= 0.3 is 6.03 Å². The van der Waals surface area contributed by atoms with Gasteiger partial charge in [-0.2, -0.15) is 0 Å². The Morgan fingerprint density at radius 3 is 2.77 bits per heavy atom. The van der Waals surface area contributed by atoms with Crippen LogP contribution in [0.2, 0.25) is 0 Å². The van der Waals surface area contributed by atoms with Crippen LogP contribution in [0.25, 0.3) is 22.2 Å². The number of aromatic nitrogens is 1. The van der Waals surface area contributed by atoms with Crippen molar-refractivity contribution in [3.63, 3.8) is 0 Å². The normalized spacial score (nSPS) is 16.1. The predicted molar refractivity (Wildman–Crippen MR) is 118 cm³/mol. The van der Waals surface area contributed by atoms with E-state index in [1.54, 1.807) is 23.1 Å². The van der Waals surface area contributed by atoms with Crippen LogP contribution in [0.3, 0.4) is 0 Å². The van der Waals surface area contributed by atoms with Gasteiger partial charge in [-0.1, -0.05) is 48.0 Å². The fourth-order valence-corrected chi connectivity index (χ4v) is 4.11. The average Bonchev–Trinajstić information content (AvgIpc) is 3.41. The Kier molecular flexibility index (Phi) is 4.90. The number of fused-ring (bicyclic) bond motifs is 1. The summed E-state index contributed by atoms with van der Waals surface area (Å²) in [5.41, 5.74) is 5.00. The van der Waals surface area contributed by atoms with E-state index in [0.717, 1.165) is 29.5 Å². The molecule has 0 spiro atoms. The molecule has 5 nitrogen and oxygen atoms in total. The van der Waals surface area contributed by atoms with Gasteiger partial charge in [0.1, 0.15) is 17.4 Å². The third-order valence-electron chi connectivity index (χ3n) is 5.67. The summed E-state index contributed by atoms with van der Waals surface area (Å²) in [5, 5.41) is 2.66.